The Morgan fingerprint density at radius 3 is 2.00 bits per heavy atom. The SMILES string of the molecule is COc1ccc(OC)c(-c2cc(-c3ccc(OC)c(OC)c3OC)c(C#N)c(N)n2)c1. The Hall–Kier alpha value is -4.12. The number of hydrogen-bond donors (Lipinski definition) is 1. The number of hydrogen-bond acceptors (Lipinski definition) is 8. The van der Waals surface area contributed by atoms with Crippen LogP contribution in [0.4, 0.5) is 5.82 Å². The summed E-state index contributed by atoms with van der Waals surface area (Å²) in [6.07, 6.45) is 0. The molecular weight excluding hydrogens is 398 g/mol. The fraction of sp³-hybridized carbons (Fsp3) is 0.217. The number of benzene rings is 2. The topological polar surface area (TPSA) is 109 Å². The summed E-state index contributed by atoms with van der Waals surface area (Å²) in [7, 11) is 7.71. The van der Waals surface area contributed by atoms with Crippen molar-refractivity contribution in [3.05, 3.63) is 42.0 Å². The van der Waals surface area contributed by atoms with E-state index < -0.39 is 0 Å². The maximum atomic E-state index is 9.78. The van der Waals surface area contributed by atoms with E-state index in [1.54, 1.807) is 50.6 Å². The molecule has 1 aromatic heterocycles. The number of rotatable bonds is 7. The van der Waals surface area contributed by atoms with Gasteiger partial charge in [0.25, 0.3) is 0 Å². The summed E-state index contributed by atoms with van der Waals surface area (Å²) in [5, 5.41) is 9.78. The smallest absolute Gasteiger partial charge is 0.203 e. The number of anilines is 1. The molecule has 0 aliphatic heterocycles. The first-order valence-electron chi connectivity index (χ1n) is 9.25. The monoisotopic (exact) mass is 421 g/mol. The van der Waals surface area contributed by atoms with E-state index in [2.05, 4.69) is 11.1 Å². The highest BCUT2D eigenvalue weighted by Gasteiger charge is 2.22. The summed E-state index contributed by atoms with van der Waals surface area (Å²) in [5.74, 6) is 2.61. The first-order chi connectivity index (χ1) is 15.0. The van der Waals surface area contributed by atoms with Crippen LogP contribution < -0.4 is 29.4 Å². The lowest BCUT2D eigenvalue weighted by Crippen LogP contribution is -2.02. The Balaban J connectivity index is 2.34. The van der Waals surface area contributed by atoms with Gasteiger partial charge < -0.3 is 29.4 Å². The molecule has 31 heavy (non-hydrogen) atoms. The minimum atomic E-state index is 0.0803. The van der Waals surface area contributed by atoms with Gasteiger partial charge in [0.05, 0.1) is 41.2 Å². The maximum absolute atomic E-state index is 9.78. The molecule has 0 fully saturated rings. The van der Waals surface area contributed by atoms with Crippen LogP contribution in [-0.4, -0.2) is 40.5 Å². The molecule has 2 N–H and O–H groups in total. The van der Waals surface area contributed by atoms with E-state index in [4.69, 9.17) is 29.4 Å². The van der Waals surface area contributed by atoms with E-state index in [1.807, 2.05) is 0 Å². The highest BCUT2D eigenvalue weighted by molar-refractivity contribution is 5.86. The van der Waals surface area contributed by atoms with Crippen molar-refractivity contribution in [2.45, 2.75) is 0 Å². The van der Waals surface area contributed by atoms with Crippen LogP contribution in [0.5, 0.6) is 28.7 Å². The van der Waals surface area contributed by atoms with Crippen LogP contribution >= 0.6 is 0 Å². The van der Waals surface area contributed by atoms with E-state index in [0.29, 0.717) is 51.1 Å². The Labute approximate surface area is 180 Å². The van der Waals surface area contributed by atoms with Crippen LogP contribution in [0.15, 0.2) is 36.4 Å². The summed E-state index contributed by atoms with van der Waals surface area (Å²) in [6, 6.07) is 12.8. The van der Waals surface area contributed by atoms with E-state index in [9.17, 15) is 5.26 Å². The lowest BCUT2D eigenvalue weighted by atomic mass is 9.96. The zero-order valence-corrected chi connectivity index (χ0v) is 18.0. The van der Waals surface area contributed by atoms with Gasteiger partial charge in [-0.2, -0.15) is 5.26 Å². The molecule has 3 rings (SSSR count). The predicted octanol–water partition coefficient (Wildman–Crippen LogP) is 3.91. The molecule has 8 nitrogen and oxygen atoms in total. The minimum absolute atomic E-state index is 0.0803. The van der Waals surface area contributed by atoms with Gasteiger partial charge in [-0.3, -0.25) is 0 Å². The van der Waals surface area contributed by atoms with Crippen LogP contribution in [0, 0.1) is 11.3 Å². The number of ether oxygens (including phenoxy) is 5. The van der Waals surface area contributed by atoms with Crippen molar-refractivity contribution in [2.24, 2.45) is 0 Å². The maximum Gasteiger partial charge on any atom is 0.203 e. The number of nitrogen functional groups attached to an aromatic ring is 1. The first kappa shape index (κ1) is 21.6. The number of nitriles is 1. The Morgan fingerprint density at radius 2 is 1.42 bits per heavy atom. The molecule has 0 aliphatic rings. The van der Waals surface area contributed by atoms with Gasteiger partial charge in [0.15, 0.2) is 11.5 Å². The van der Waals surface area contributed by atoms with Gasteiger partial charge in [0.1, 0.15) is 28.9 Å². The van der Waals surface area contributed by atoms with Gasteiger partial charge in [0.2, 0.25) is 5.75 Å². The van der Waals surface area contributed by atoms with Crippen molar-refractivity contribution in [3.8, 4) is 57.2 Å². The lowest BCUT2D eigenvalue weighted by Gasteiger charge is -2.18. The lowest BCUT2D eigenvalue weighted by molar-refractivity contribution is 0.325. The Kier molecular flexibility index (Phi) is 6.36. The zero-order chi connectivity index (χ0) is 22.5. The van der Waals surface area contributed by atoms with Crippen LogP contribution in [0.25, 0.3) is 22.4 Å². The second-order valence-electron chi connectivity index (χ2n) is 6.38. The van der Waals surface area contributed by atoms with Crippen molar-refractivity contribution in [1.82, 2.24) is 4.98 Å². The molecule has 0 atom stereocenters. The zero-order valence-electron chi connectivity index (χ0n) is 18.0. The van der Waals surface area contributed by atoms with Gasteiger partial charge in [-0.15, -0.1) is 0 Å². The Bertz CT molecular complexity index is 1150. The third-order valence-corrected chi connectivity index (χ3v) is 4.84. The minimum Gasteiger partial charge on any atom is -0.497 e. The van der Waals surface area contributed by atoms with E-state index in [-0.39, 0.29) is 11.4 Å². The predicted molar refractivity (Wildman–Crippen MR) is 117 cm³/mol. The molecular formula is C23H23N3O5. The molecule has 160 valence electrons. The van der Waals surface area contributed by atoms with Gasteiger partial charge in [-0.05, 0) is 36.4 Å². The molecule has 0 aliphatic carbocycles. The number of aromatic nitrogens is 1. The fourth-order valence-corrected chi connectivity index (χ4v) is 3.36. The molecule has 2 aromatic carbocycles. The highest BCUT2D eigenvalue weighted by Crippen LogP contribution is 2.46. The quantitative estimate of drug-likeness (QED) is 0.612. The van der Waals surface area contributed by atoms with Crippen molar-refractivity contribution < 1.29 is 23.7 Å². The van der Waals surface area contributed by atoms with Crippen LogP contribution in [-0.2, 0) is 0 Å². The van der Waals surface area contributed by atoms with Crippen LogP contribution in [0.1, 0.15) is 5.56 Å². The van der Waals surface area contributed by atoms with Gasteiger partial charge in [0, 0.05) is 16.7 Å². The van der Waals surface area contributed by atoms with Gasteiger partial charge in [-0.25, -0.2) is 4.98 Å². The Morgan fingerprint density at radius 1 is 0.742 bits per heavy atom. The summed E-state index contributed by atoms with van der Waals surface area (Å²) in [5.41, 5.74) is 8.72. The van der Waals surface area contributed by atoms with E-state index in [0.717, 1.165) is 0 Å². The van der Waals surface area contributed by atoms with Crippen molar-refractivity contribution in [3.63, 3.8) is 0 Å². The molecule has 0 amide bonds. The van der Waals surface area contributed by atoms with Crippen molar-refractivity contribution >= 4 is 5.82 Å². The van der Waals surface area contributed by atoms with Crippen molar-refractivity contribution in [1.29, 1.82) is 5.26 Å². The largest absolute Gasteiger partial charge is 0.497 e. The van der Waals surface area contributed by atoms with Crippen LogP contribution in [0.2, 0.25) is 0 Å². The number of pyridine rings is 1. The van der Waals surface area contributed by atoms with Crippen LogP contribution in [0.3, 0.4) is 0 Å². The number of nitrogens with two attached hydrogens (primary N) is 1. The molecule has 0 radical (unpaired) electrons. The molecule has 0 unspecified atom stereocenters. The van der Waals surface area contributed by atoms with E-state index >= 15 is 0 Å². The molecule has 3 aromatic rings. The summed E-state index contributed by atoms with van der Waals surface area (Å²) >= 11 is 0. The second kappa shape index (κ2) is 9.13. The molecule has 0 spiro atoms. The van der Waals surface area contributed by atoms with Crippen molar-refractivity contribution in [2.75, 3.05) is 41.3 Å². The molecule has 1 heterocycles. The third kappa shape index (κ3) is 3.85. The number of nitrogens with zero attached hydrogens (tertiary/aromatic N) is 2. The normalized spacial score (nSPS) is 10.2. The first-order valence-corrected chi connectivity index (χ1v) is 9.25. The van der Waals surface area contributed by atoms with Gasteiger partial charge >= 0.3 is 0 Å². The molecule has 0 saturated carbocycles. The summed E-state index contributed by atoms with van der Waals surface area (Å²) in [4.78, 5) is 4.44. The molecule has 8 heteroatoms. The van der Waals surface area contributed by atoms with E-state index in [1.165, 1.54) is 21.3 Å². The average molecular weight is 421 g/mol. The third-order valence-electron chi connectivity index (χ3n) is 4.84. The standard InChI is InChI=1S/C23H23N3O5/c1-27-13-6-8-19(28-2)16(10-13)18-11-15(17(12-24)23(25)26-18)14-7-9-20(29-3)22(31-5)21(14)30-4/h6-11H,1-5H3,(H2,25,26). The highest BCUT2D eigenvalue weighted by atomic mass is 16.5. The average Bonchev–Trinajstić information content (AvgIpc) is 2.81. The van der Waals surface area contributed by atoms with Gasteiger partial charge in [-0.1, -0.05) is 0 Å². The summed E-state index contributed by atoms with van der Waals surface area (Å²) < 4.78 is 27.3. The number of methoxy groups -OCH3 is 5. The fourth-order valence-electron chi connectivity index (χ4n) is 3.36. The molecule has 0 saturated heterocycles. The molecule has 0 bridgehead atoms. The second-order valence-corrected chi connectivity index (χ2v) is 6.38. The summed E-state index contributed by atoms with van der Waals surface area (Å²) in [6.45, 7) is 0.